The smallest absolute Gasteiger partial charge is 0.0782 e. The maximum Gasteiger partial charge on any atom is 0.0782 e. The molecule has 0 bridgehead atoms. The third kappa shape index (κ3) is 20.9. The zero-order valence-electron chi connectivity index (χ0n) is 15.2. The van der Waals surface area contributed by atoms with Gasteiger partial charge in [-0.25, -0.2) is 0 Å². The van der Waals surface area contributed by atoms with Crippen LogP contribution in [-0.4, -0.2) is 31.7 Å². The van der Waals surface area contributed by atoms with Crippen LogP contribution in [0, 0.1) is 0 Å². The van der Waals surface area contributed by atoms with Crippen LogP contribution < -0.4 is 0 Å². The van der Waals surface area contributed by atoms with Crippen molar-refractivity contribution in [2.75, 3.05) is 27.2 Å². The zero-order chi connectivity index (χ0) is 14.4. The zero-order valence-corrected chi connectivity index (χ0v) is 18.6. The second-order valence-corrected chi connectivity index (χ2v) is 6.86. The Kier molecular flexibility index (Phi) is 24.2. The Labute approximate surface area is 156 Å². The largest absolute Gasteiger partial charge is 0.329 e. The highest BCUT2D eigenvalue weighted by Crippen LogP contribution is 2.12. The summed E-state index contributed by atoms with van der Waals surface area (Å²) in [7, 11) is 4.69. The molecule has 132 valence electrons. The molecule has 0 N–H and O–H groups in total. The highest BCUT2D eigenvalue weighted by molar-refractivity contribution is 8.93. The molecular formula is C18H42Br2N+. The van der Waals surface area contributed by atoms with E-state index in [2.05, 4.69) is 27.9 Å². The van der Waals surface area contributed by atoms with E-state index in [-0.39, 0.29) is 34.0 Å². The molecule has 0 aliphatic heterocycles. The van der Waals surface area contributed by atoms with Crippen molar-refractivity contribution < 1.29 is 4.48 Å². The summed E-state index contributed by atoms with van der Waals surface area (Å²) in [6.45, 7) is 7.20. The van der Waals surface area contributed by atoms with Crippen LogP contribution in [-0.2, 0) is 0 Å². The molecule has 21 heavy (non-hydrogen) atoms. The summed E-state index contributed by atoms with van der Waals surface area (Å²) >= 11 is 0. The van der Waals surface area contributed by atoms with Gasteiger partial charge in [0.1, 0.15) is 0 Å². The molecule has 0 spiro atoms. The molecular weight excluding hydrogens is 390 g/mol. The number of unbranched alkanes of at least 4 members (excludes halogenated alkanes) is 11. The number of rotatable bonds is 14. The Morgan fingerprint density at radius 2 is 0.857 bits per heavy atom. The van der Waals surface area contributed by atoms with E-state index in [1.54, 1.807) is 0 Å². The average molecular weight is 432 g/mol. The van der Waals surface area contributed by atoms with Gasteiger partial charge in [-0.15, -0.1) is 34.0 Å². The summed E-state index contributed by atoms with van der Waals surface area (Å²) in [6.07, 6.45) is 17.4. The van der Waals surface area contributed by atoms with Crippen molar-refractivity contribution in [1.82, 2.24) is 0 Å². The van der Waals surface area contributed by atoms with E-state index in [0.29, 0.717) is 0 Å². The summed E-state index contributed by atoms with van der Waals surface area (Å²) in [5.74, 6) is 0. The maximum absolute atomic E-state index is 2.35. The lowest BCUT2D eigenvalue weighted by molar-refractivity contribution is -0.888. The van der Waals surface area contributed by atoms with E-state index in [1.807, 2.05) is 0 Å². The van der Waals surface area contributed by atoms with E-state index in [4.69, 9.17) is 0 Å². The Balaban J connectivity index is -0.00000162. The summed E-state index contributed by atoms with van der Waals surface area (Å²) < 4.78 is 1.19. The standard InChI is InChI=1S/C18H40N.2BrH/c1-5-7-8-9-10-11-12-13-14-15-16-17-18-19(3,4)6-2;;/h5-18H2,1-4H3;2*1H/q+1;;. The number of quaternary nitrogens is 1. The first-order valence-electron chi connectivity index (χ1n) is 8.94. The SMILES string of the molecule is Br.Br.CCCCCCCCCCCCCC[N+](C)(C)CC. The molecule has 0 saturated carbocycles. The Bertz CT molecular complexity index is 184. The topological polar surface area (TPSA) is 0 Å². The first-order valence-corrected chi connectivity index (χ1v) is 8.94. The summed E-state index contributed by atoms with van der Waals surface area (Å²) in [4.78, 5) is 0. The van der Waals surface area contributed by atoms with Gasteiger partial charge in [-0.1, -0.05) is 71.1 Å². The Morgan fingerprint density at radius 3 is 1.19 bits per heavy atom. The van der Waals surface area contributed by atoms with Gasteiger partial charge in [-0.3, -0.25) is 0 Å². The minimum absolute atomic E-state index is 0. The molecule has 0 aromatic carbocycles. The lowest BCUT2D eigenvalue weighted by Gasteiger charge is -2.28. The lowest BCUT2D eigenvalue weighted by atomic mass is 10.1. The third-order valence-corrected chi connectivity index (χ3v) is 4.47. The van der Waals surface area contributed by atoms with Crippen LogP contribution in [0.25, 0.3) is 0 Å². The maximum atomic E-state index is 2.35. The van der Waals surface area contributed by atoms with E-state index < -0.39 is 0 Å². The molecule has 0 radical (unpaired) electrons. The second kappa shape index (κ2) is 19.0. The van der Waals surface area contributed by atoms with Gasteiger partial charge >= 0.3 is 0 Å². The quantitative estimate of drug-likeness (QED) is 0.206. The van der Waals surface area contributed by atoms with Crippen molar-refractivity contribution in [3.8, 4) is 0 Å². The second-order valence-electron chi connectivity index (χ2n) is 6.86. The van der Waals surface area contributed by atoms with Gasteiger partial charge in [0.05, 0.1) is 27.2 Å². The predicted molar refractivity (Wildman–Crippen MR) is 109 cm³/mol. The molecule has 0 aromatic rings. The molecule has 0 amide bonds. The predicted octanol–water partition coefficient (Wildman–Crippen LogP) is 6.94. The van der Waals surface area contributed by atoms with E-state index in [9.17, 15) is 0 Å². The summed E-state index contributed by atoms with van der Waals surface area (Å²) in [6, 6.07) is 0. The van der Waals surface area contributed by atoms with Crippen molar-refractivity contribution in [2.45, 2.75) is 90.9 Å². The van der Waals surface area contributed by atoms with Crippen LogP contribution in [0.2, 0.25) is 0 Å². The fourth-order valence-electron chi connectivity index (χ4n) is 2.54. The van der Waals surface area contributed by atoms with E-state index in [0.717, 1.165) is 0 Å². The van der Waals surface area contributed by atoms with Gasteiger partial charge in [0.15, 0.2) is 0 Å². The normalized spacial score (nSPS) is 10.9. The van der Waals surface area contributed by atoms with Gasteiger partial charge < -0.3 is 4.48 Å². The summed E-state index contributed by atoms with van der Waals surface area (Å²) in [5, 5.41) is 0. The molecule has 0 unspecified atom stereocenters. The van der Waals surface area contributed by atoms with Gasteiger partial charge in [0.2, 0.25) is 0 Å². The monoisotopic (exact) mass is 430 g/mol. The van der Waals surface area contributed by atoms with Crippen LogP contribution in [0.5, 0.6) is 0 Å². The minimum atomic E-state index is 0. The van der Waals surface area contributed by atoms with Gasteiger partial charge in [-0.2, -0.15) is 0 Å². The molecule has 3 heteroatoms. The van der Waals surface area contributed by atoms with Crippen molar-refractivity contribution in [2.24, 2.45) is 0 Å². The molecule has 0 saturated heterocycles. The molecule has 0 aliphatic carbocycles. The molecule has 0 aliphatic rings. The Morgan fingerprint density at radius 1 is 0.524 bits per heavy atom. The van der Waals surface area contributed by atoms with Crippen molar-refractivity contribution in [1.29, 1.82) is 0 Å². The number of hydrogen-bond donors (Lipinski definition) is 0. The third-order valence-electron chi connectivity index (χ3n) is 4.47. The number of hydrogen-bond acceptors (Lipinski definition) is 0. The minimum Gasteiger partial charge on any atom is -0.329 e. The number of nitrogens with zero attached hydrogens (tertiary/aromatic N) is 1. The van der Waals surface area contributed by atoms with Crippen LogP contribution >= 0.6 is 34.0 Å². The summed E-state index contributed by atoms with van der Waals surface area (Å²) in [5.41, 5.74) is 0. The molecule has 0 heterocycles. The molecule has 1 nitrogen and oxygen atoms in total. The first-order chi connectivity index (χ1) is 9.12. The first kappa shape index (κ1) is 26.8. The van der Waals surface area contributed by atoms with E-state index >= 15 is 0 Å². The number of halogens is 2. The molecule has 0 atom stereocenters. The fraction of sp³-hybridized carbons (Fsp3) is 1.00. The van der Waals surface area contributed by atoms with Crippen LogP contribution in [0.3, 0.4) is 0 Å². The molecule has 0 rings (SSSR count). The van der Waals surface area contributed by atoms with Crippen LogP contribution in [0.15, 0.2) is 0 Å². The Hall–Kier alpha value is 0.920. The molecule has 0 aromatic heterocycles. The van der Waals surface area contributed by atoms with Gasteiger partial charge in [0, 0.05) is 0 Å². The highest BCUT2D eigenvalue weighted by Gasteiger charge is 2.09. The molecule has 0 fully saturated rings. The van der Waals surface area contributed by atoms with Gasteiger partial charge in [0.25, 0.3) is 0 Å². The lowest BCUT2D eigenvalue weighted by Crippen LogP contribution is -2.39. The van der Waals surface area contributed by atoms with E-state index in [1.165, 1.54) is 94.6 Å². The fourth-order valence-corrected chi connectivity index (χ4v) is 2.54. The van der Waals surface area contributed by atoms with Crippen molar-refractivity contribution in [3.63, 3.8) is 0 Å². The highest BCUT2D eigenvalue weighted by atomic mass is 79.9. The van der Waals surface area contributed by atoms with Gasteiger partial charge in [-0.05, 0) is 19.8 Å². The van der Waals surface area contributed by atoms with Crippen molar-refractivity contribution in [3.05, 3.63) is 0 Å². The van der Waals surface area contributed by atoms with Crippen LogP contribution in [0.4, 0.5) is 0 Å². The average Bonchev–Trinajstić information content (AvgIpc) is 2.40. The van der Waals surface area contributed by atoms with Crippen molar-refractivity contribution >= 4 is 34.0 Å². The van der Waals surface area contributed by atoms with Crippen LogP contribution in [0.1, 0.15) is 90.9 Å².